The summed E-state index contributed by atoms with van der Waals surface area (Å²) in [7, 11) is 0. The Morgan fingerprint density at radius 3 is 1.42 bits per heavy atom. The molecule has 0 bridgehead atoms. The first-order valence-electron chi connectivity index (χ1n) is 19.8. The van der Waals surface area contributed by atoms with Gasteiger partial charge in [-0.3, -0.25) is 9.13 Å². The van der Waals surface area contributed by atoms with E-state index in [0.717, 1.165) is 60.7 Å². The molecule has 0 amide bonds. The molecule has 7 aromatic carbocycles. The van der Waals surface area contributed by atoms with Crippen LogP contribution in [0.4, 0.5) is 0 Å². The average molecular weight is 738 g/mol. The molecule has 276 valence electrons. The van der Waals surface area contributed by atoms with E-state index in [0.29, 0.717) is 23.6 Å². The highest BCUT2D eigenvalue weighted by Gasteiger charge is 2.27. The molecule has 0 fully saturated rings. The number of aromatic nitrogens is 5. The SMILES string of the molecule is CC(C)c1cc(C(C)(C)C)c2c(c1)c1ccccc1n2-c1nc(-c2c(-c3ccccc3)cccc2-c2ccccc2)nc(-n2c3ccccc3c3ccccc32)n1. The second-order valence-electron chi connectivity index (χ2n) is 16.3. The molecule has 0 N–H and O–H groups in total. The van der Waals surface area contributed by atoms with Gasteiger partial charge in [-0.25, -0.2) is 0 Å². The highest BCUT2D eigenvalue weighted by molar-refractivity contribution is 6.11. The molecule has 0 saturated carbocycles. The van der Waals surface area contributed by atoms with Crippen molar-refractivity contribution in [3.8, 4) is 45.5 Å². The maximum Gasteiger partial charge on any atom is 0.240 e. The van der Waals surface area contributed by atoms with Crippen molar-refractivity contribution < 1.29 is 0 Å². The standard InChI is InChI=1S/C52H43N5/c1-33(2)36-31-42-41-25-14-17-30-46(41)57(48(42)43(32-36)52(3,4)5)51-54-49(53-50(55-51)56-44-28-15-12-23-39(44)40-24-13-16-29-45(40)56)47-37(34-19-8-6-9-20-34)26-18-27-38(47)35-21-10-7-11-22-35/h6-33H,1-5H3. The zero-order chi connectivity index (χ0) is 38.8. The molecule has 5 heteroatoms. The van der Waals surface area contributed by atoms with E-state index in [9.17, 15) is 0 Å². The van der Waals surface area contributed by atoms with Gasteiger partial charge < -0.3 is 0 Å². The molecule has 0 radical (unpaired) electrons. The van der Waals surface area contributed by atoms with E-state index < -0.39 is 0 Å². The van der Waals surface area contributed by atoms with Gasteiger partial charge in [-0.2, -0.15) is 15.0 Å². The Kier molecular flexibility index (Phi) is 8.15. The minimum Gasteiger partial charge on any atom is -0.278 e. The lowest BCUT2D eigenvalue weighted by molar-refractivity contribution is 0.592. The van der Waals surface area contributed by atoms with Crippen LogP contribution in [0.15, 0.2) is 164 Å². The molecular weight excluding hydrogens is 695 g/mol. The van der Waals surface area contributed by atoms with Gasteiger partial charge in [0.15, 0.2) is 5.82 Å². The summed E-state index contributed by atoms with van der Waals surface area (Å²) in [6.07, 6.45) is 0. The van der Waals surface area contributed by atoms with Crippen molar-refractivity contribution >= 4 is 43.6 Å². The number of nitrogens with zero attached hydrogens (tertiary/aromatic N) is 5. The van der Waals surface area contributed by atoms with Crippen molar-refractivity contribution in [1.29, 1.82) is 0 Å². The maximum atomic E-state index is 5.60. The predicted molar refractivity (Wildman–Crippen MR) is 238 cm³/mol. The lowest BCUT2D eigenvalue weighted by atomic mass is 9.83. The minimum atomic E-state index is -0.165. The third-order valence-electron chi connectivity index (χ3n) is 11.3. The van der Waals surface area contributed by atoms with E-state index >= 15 is 0 Å². The lowest BCUT2D eigenvalue weighted by Gasteiger charge is -2.24. The summed E-state index contributed by atoms with van der Waals surface area (Å²) in [5, 5.41) is 4.69. The Morgan fingerprint density at radius 1 is 0.456 bits per heavy atom. The monoisotopic (exact) mass is 737 g/mol. The van der Waals surface area contributed by atoms with Crippen LogP contribution in [-0.2, 0) is 5.41 Å². The number of rotatable bonds is 6. The van der Waals surface area contributed by atoms with E-state index in [1.807, 2.05) is 0 Å². The Labute approximate surface area is 332 Å². The van der Waals surface area contributed by atoms with Crippen molar-refractivity contribution in [1.82, 2.24) is 24.1 Å². The number of para-hydroxylation sites is 3. The smallest absolute Gasteiger partial charge is 0.240 e. The van der Waals surface area contributed by atoms with Gasteiger partial charge in [-0.1, -0.05) is 174 Å². The Bertz CT molecular complexity index is 3020. The molecule has 10 aromatic rings. The first kappa shape index (κ1) is 34.6. The van der Waals surface area contributed by atoms with Gasteiger partial charge in [0.05, 0.1) is 22.1 Å². The van der Waals surface area contributed by atoms with Crippen molar-refractivity contribution in [3.63, 3.8) is 0 Å². The second-order valence-corrected chi connectivity index (χ2v) is 16.3. The number of hydrogen-bond acceptors (Lipinski definition) is 3. The molecule has 5 nitrogen and oxygen atoms in total. The lowest BCUT2D eigenvalue weighted by Crippen LogP contribution is -2.16. The van der Waals surface area contributed by atoms with E-state index in [2.05, 4.69) is 208 Å². The van der Waals surface area contributed by atoms with Crippen LogP contribution < -0.4 is 0 Å². The largest absolute Gasteiger partial charge is 0.278 e. The predicted octanol–water partition coefficient (Wildman–Crippen LogP) is 13.5. The highest BCUT2D eigenvalue weighted by Crippen LogP contribution is 2.43. The molecule has 57 heavy (non-hydrogen) atoms. The molecule has 0 unspecified atom stereocenters. The van der Waals surface area contributed by atoms with E-state index in [4.69, 9.17) is 15.0 Å². The van der Waals surface area contributed by atoms with E-state index in [1.54, 1.807) is 0 Å². The van der Waals surface area contributed by atoms with Crippen molar-refractivity contribution in [2.45, 2.75) is 46.0 Å². The highest BCUT2D eigenvalue weighted by atomic mass is 15.3. The molecule has 0 aliphatic heterocycles. The van der Waals surface area contributed by atoms with E-state index in [1.165, 1.54) is 21.9 Å². The normalized spacial score (nSPS) is 12.1. The maximum absolute atomic E-state index is 5.60. The van der Waals surface area contributed by atoms with Crippen LogP contribution in [0.5, 0.6) is 0 Å². The molecule has 10 rings (SSSR count). The van der Waals surface area contributed by atoms with Gasteiger partial charge in [0.2, 0.25) is 11.9 Å². The summed E-state index contributed by atoms with van der Waals surface area (Å²) < 4.78 is 4.51. The zero-order valence-electron chi connectivity index (χ0n) is 32.9. The minimum absolute atomic E-state index is 0.165. The molecule has 0 atom stereocenters. The summed E-state index contributed by atoms with van der Waals surface area (Å²) in [6.45, 7) is 11.5. The summed E-state index contributed by atoms with van der Waals surface area (Å²) in [4.78, 5) is 16.7. The Balaban J connectivity index is 1.39. The topological polar surface area (TPSA) is 48.5 Å². The van der Waals surface area contributed by atoms with E-state index in [-0.39, 0.29) is 5.41 Å². The quantitative estimate of drug-likeness (QED) is 0.171. The Hall–Kier alpha value is -6.85. The van der Waals surface area contributed by atoms with Crippen molar-refractivity contribution in [2.75, 3.05) is 0 Å². The van der Waals surface area contributed by atoms with Crippen LogP contribution in [0.25, 0.3) is 89.2 Å². The van der Waals surface area contributed by atoms with Gasteiger partial charge in [-0.05, 0) is 69.0 Å². The van der Waals surface area contributed by atoms with Gasteiger partial charge in [-0.15, -0.1) is 0 Å². The molecule has 0 saturated heterocycles. The third kappa shape index (κ3) is 5.73. The van der Waals surface area contributed by atoms with Gasteiger partial charge in [0, 0.05) is 27.1 Å². The van der Waals surface area contributed by atoms with Crippen LogP contribution in [0, 0.1) is 0 Å². The van der Waals surface area contributed by atoms with Crippen LogP contribution in [-0.4, -0.2) is 24.1 Å². The average Bonchev–Trinajstić information content (AvgIpc) is 3.76. The summed E-state index contributed by atoms with van der Waals surface area (Å²) in [6, 6.07) is 58.2. The first-order valence-corrected chi connectivity index (χ1v) is 19.8. The summed E-state index contributed by atoms with van der Waals surface area (Å²) >= 11 is 0. The van der Waals surface area contributed by atoms with Crippen molar-refractivity contribution in [3.05, 3.63) is 175 Å². The van der Waals surface area contributed by atoms with Gasteiger partial charge in [0.25, 0.3) is 0 Å². The van der Waals surface area contributed by atoms with Crippen LogP contribution in [0.1, 0.15) is 51.7 Å². The zero-order valence-corrected chi connectivity index (χ0v) is 32.9. The fourth-order valence-electron chi connectivity index (χ4n) is 8.55. The third-order valence-corrected chi connectivity index (χ3v) is 11.3. The fraction of sp³-hybridized carbons (Fsp3) is 0.135. The molecular formula is C52H43N5. The molecule has 3 aromatic heterocycles. The van der Waals surface area contributed by atoms with Gasteiger partial charge >= 0.3 is 0 Å². The van der Waals surface area contributed by atoms with Crippen molar-refractivity contribution in [2.24, 2.45) is 0 Å². The van der Waals surface area contributed by atoms with Gasteiger partial charge in [0.1, 0.15) is 0 Å². The van der Waals surface area contributed by atoms with Crippen LogP contribution >= 0.6 is 0 Å². The number of fused-ring (bicyclic) bond motifs is 6. The molecule has 0 aliphatic rings. The molecule has 0 spiro atoms. The van der Waals surface area contributed by atoms with Crippen LogP contribution in [0.3, 0.4) is 0 Å². The molecule has 3 heterocycles. The molecule has 0 aliphatic carbocycles. The number of hydrogen-bond donors (Lipinski definition) is 0. The Morgan fingerprint density at radius 2 is 0.912 bits per heavy atom. The first-order chi connectivity index (χ1) is 27.8. The fourth-order valence-corrected chi connectivity index (χ4v) is 8.55. The summed E-state index contributed by atoms with van der Waals surface area (Å²) in [5.41, 5.74) is 11.9. The second kappa shape index (κ2) is 13.4. The van der Waals surface area contributed by atoms with Crippen LogP contribution in [0.2, 0.25) is 0 Å². The summed E-state index contributed by atoms with van der Waals surface area (Å²) in [5.74, 6) is 2.12. The number of benzene rings is 7.